The standard InChI is InChI=1S/C22H23ClN4O3/c1-26(15-20(28)24-18-9-5-8-17(23)14-18)21(29)10-11-22(30)27-13-12-19(25-27)16-6-3-2-4-7-16/h2-9,14H,10-13,15H2,1H3,(H,24,28). The van der Waals surface area contributed by atoms with Gasteiger partial charge in [-0.05, 0) is 23.8 Å². The Morgan fingerprint density at radius 3 is 2.60 bits per heavy atom. The molecule has 0 bridgehead atoms. The van der Waals surface area contributed by atoms with Crippen LogP contribution >= 0.6 is 11.6 Å². The van der Waals surface area contributed by atoms with Crippen LogP contribution in [0, 0.1) is 0 Å². The van der Waals surface area contributed by atoms with Gasteiger partial charge in [0.1, 0.15) is 0 Å². The van der Waals surface area contributed by atoms with E-state index in [4.69, 9.17) is 11.6 Å². The number of hydrogen-bond acceptors (Lipinski definition) is 4. The molecular weight excluding hydrogens is 404 g/mol. The van der Waals surface area contributed by atoms with Crippen LogP contribution in [0.3, 0.4) is 0 Å². The Balaban J connectivity index is 1.45. The third-order valence-corrected chi connectivity index (χ3v) is 4.90. The quantitative estimate of drug-likeness (QED) is 0.738. The number of rotatable bonds is 7. The van der Waals surface area contributed by atoms with Gasteiger partial charge >= 0.3 is 0 Å². The number of halogens is 1. The monoisotopic (exact) mass is 426 g/mol. The van der Waals surface area contributed by atoms with E-state index in [0.29, 0.717) is 23.7 Å². The van der Waals surface area contributed by atoms with Crippen LogP contribution in [0.15, 0.2) is 59.7 Å². The van der Waals surface area contributed by atoms with Crippen molar-refractivity contribution in [1.82, 2.24) is 9.91 Å². The Hall–Kier alpha value is -3.19. The second-order valence-corrected chi connectivity index (χ2v) is 7.42. The third kappa shape index (κ3) is 5.90. The van der Waals surface area contributed by atoms with Crippen LogP contribution in [0.1, 0.15) is 24.8 Å². The molecule has 1 aliphatic rings. The van der Waals surface area contributed by atoms with Gasteiger partial charge in [0.2, 0.25) is 17.7 Å². The van der Waals surface area contributed by atoms with Crippen molar-refractivity contribution >= 4 is 40.7 Å². The Bertz CT molecular complexity index is 962. The molecule has 3 rings (SSSR count). The zero-order valence-electron chi connectivity index (χ0n) is 16.7. The molecule has 156 valence electrons. The number of carbonyl (C=O) groups excluding carboxylic acids is 3. The Labute approximate surface area is 180 Å². The first kappa shape index (κ1) is 21.5. The second kappa shape index (κ2) is 10.0. The van der Waals surface area contributed by atoms with Gasteiger partial charge < -0.3 is 10.2 Å². The van der Waals surface area contributed by atoms with E-state index in [9.17, 15) is 14.4 Å². The molecule has 1 aliphatic heterocycles. The van der Waals surface area contributed by atoms with E-state index in [1.54, 1.807) is 24.3 Å². The van der Waals surface area contributed by atoms with Crippen molar-refractivity contribution in [3.63, 3.8) is 0 Å². The summed E-state index contributed by atoms with van der Waals surface area (Å²) in [6.07, 6.45) is 0.754. The lowest BCUT2D eigenvalue weighted by atomic mass is 10.1. The normalized spacial score (nSPS) is 13.0. The van der Waals surface area contributed by atoms with Crippen LogP contribution in [0.5, 0.6) is 0 Å². The first-order chi connectivity index (χ1) is 14.4. The molecule has 2 aromatic carbocycles. The van der Waals surface area contributed by atoms with E-state index >= 15 is 0 Å². The second-order valence-electron chi connectivity index (χ2n) is 6.99. The highest BCUT2D eigenvalue weighted by molar-refractivity contribution is 6.30. The molecule has 0 fully saturated rings. The van der Waals surface area contributed by atoms with E-state index in [1.807, 2.05) is 30.3 Å². The highest BCUT2D eigenvalue weighted by atomic mass is 35.5. The van der Waals surface area contributed by atoms with Crippen LogP contribution < -0.4 is 5.32 Å². The maximum absolute atomic E-state index is 12.4. The summed E-state index contributed by atoms with van der Waals surface area (Å²) in [5.74, 6) is -0.821. The minimum absolute atomic E-state index is 0.0203. The summed E-state index contributed by atoms with van der Waals surface area (Å²) in [4.78, 5) is 38.1. The molecule has 0 saturated heterocycles. The molecule has 3 amide bonds. The number of nitrogens with one attached hydrogen (secondary N) is 1. The van der Waals surface area contributed by atoms with Crippen LogP contribution in [0.4, 0.5) is 5.69 Å². The van der Waals surface area contributed by atoms with Crippen molar-refractivity contribution in [3.8, 4) is 0 Å². The number of likely N-dealkylation sites (N-methyl/N-ethyl adjacent to an activating group) is 1. The minimum atomic E-state index is -0.337. The number of anilines is 1. The van der Waals surface area contributed by atoms with Crippen molar-refractivity contribution in [2.24, 2.45) is 5.10 Å². The molecule has 1 heterocycles. The molecule has 0 atom stereocenters. The van der Waals surface area contributed by atoms with Crippen molar-refractivity contribution in [1.29, 1.82) is 0 Å². The van der Waals surface area contributed by atoms with Gasteiger partial charge in [-0.1, -0.05) is 48.0 Å². The highest BCUT2D eigenvalue weighted by Gasteiger charge is 2.23. The Morgan fingerprint density at radius 2 is 1.87 bits per heavy atom. The highest BCUT2D eigenvalue weighted by Crippen LogP contribution is 2.16. The number of amides is 3. The average Bonchev–Trinajstić information content (AvgIpc) is 3.22. The summed E-state index contributed by atoms with van der Waals surface area (Å²) in [5.41, 5.74) is 2.42. The van der Waals surface area contributed by atoms with Crippen molar-refractivity contribution in [3.05, 3.63) is 65.2 Å². The Morgan fingerprint density at radius 1 is 1.10 bits per heavy atom. The third-order valence-electron chi connectivity index (χ3n) is 4.66. The molecule has 0 saturated carbocycles. The van der Waals surface area contributed by atoms with Gasteiger partial charge in [0.05, 0.1) is 18.8 Å². The summed E-state index contributed by atoms with van der Waals surface area (Å²) >= 11 is 5.89. The van der Waals surface area contributed by atoms with Crippen molar-refractivity contribution in [2.45, 2.75) is 19.3 Å². The summed E-state index contributed by atoms with van der Waals surface area (Å²) < 4.78 is 0. The van der Waals surface area contributed by atoms with E-state index in [1.165, 1.54) is 17.0 Å². The molecule has 8 heteroatoms. The van der Waals surface area contributed by atoms with Gasteiger partial charge in [-0.2, -0.15) is 5.10 Å². The largest absolute Gasteiger partial charge is 0.336 e. The fraction of sp³-hybridized carbons (Fsp3) is 0.273. The molecule has 7 nitrogen and oxygen atoms in total. The maximum atomic E-state index is 12.4. The molecule has 0 aromatic heterocycles. The van der Waals surface area contributed by atoms with Gasteiger partial charge in [0.15, 0.2) is 0 Å². The lowest BCUT2D eigenvalue weighted by Crippen LogP contribution is -2.35. The van der Waals surface area contributed by atoms with Crippen molar-refractivity contribution < 1.29 is 14.4 Å². The van der Waals surface area contributed by atoms with Crippen LogP contribution in [0.2, 0.25) is 5.02 Å². The number of carbonyl (C=O) groups is 3. The minimum Gasteiger partial charge on any atom is -0.336 e. The van der Waals surface area contributed by atoms with Gasteiger partial charge in [0, 0.05) is 37.0 Å². The lowest BCUT2D eigenvalue weighted by molar-refractivity contribution is -0.137. The molecule has 0 unspecified atom stereocenters. The maximum Gasteiger partial charge on any atom is 0.243 e. The van der Waals surface area contributed by atoms with Crippen molar-refractivity contribution in [2.75, 3.05) is 25.5 Å². The number of hydrogen-bond donors (Lipinski definition) is 1. The van der Waals surface area contributed by atoms with Gasteiger partial charge in [-0.25, -0.2) is 5.01 Å². The number of benzene rings is 2. The molecule has 0 spiro atoms. The summed E-state index contributed by atoms with van der Waals surface area (Å²) in [6.45, 7) is 0.398. The first-order valence-corrected chi connectivity index (χ1v) is 10.0. The summed E-state index contributed by atoms with van der Waals surface area (Å²) in [6, 6.07) is 16.5. The van der Waals surface area contributed by atoms with Gasteiger partial charge in [-0.3, -0.25) is 14.4 Å². The fourth-order valence-corrected chi connectivity index (χ4v) is 3.27. The Kier molecular flexibility index (Phi) is 7.19. The molecule has 2 aromatic rings. The topological polar surface area (TPSA) is 82.1 Å². The lowest BCUT2D eigenvalue weighted by Gasteiger charge is -2.17. The van der Waals surface area contributed by atoms with E-state index < -0.39 is 0 Å². The van der Waals surface area contributed by atoms with Crippen LogP contribution in [-0.2, 0) is 14.4 Å². The predicted octanol–water partition coefficient (Wildman–Crippen LogP) is 3.15. The van der Waals surface area contributed by atoms with Crippen LogP contribution in [-0.4, -0.2) is 53.5 Å². The molecule has 30 heavy (non-hydrogen) atoms. The summed E-state index contributed by atoms with van der Waals surface area (Å²) in [7, 11) is 1.53. The SMILES string of the molecule is CN(CC(=O)Nc1cccc(Cl)c1)C(=O)CCC(=O)N1CCC(c2ccccc2)=N1. The van der Waals surface area contributed by atoms with Gasteiger partial charge in [-0.15, -0.1) is 0 Å². The fourth-order valence-electron chi connectivity index (χ4n) is 3.07. The zero-order chi connectivity index (χ0) is 21.5. The average molecular weight is 427 g/mol. The van der Waals surface area contributed by atoms with E-state index in [-0.39, 0.29) is 37.1 Å². The number of nitrogens with zero attached hydrogens (tertiary/aromatic N) is 3. The number of hydrazone groups is 1. The zero-order valence-corrected chi connectivity index (χ0v) is 17.4. The molecule has 1 N–H and O–H groups in total. The summed E-state index contributed by atoms with van der Waals surface area (Å²) in [5, 5.41) is 9.00. The van der Waals surface area contributed by atoms with Crippen LogP contribution in [0.25, 0.3) is 0 Å². The smallest absolute Gasteiger partial charge is 0.243 e. The molecule has 0 aliphatic carbocycles. The molecular formula is C22H23ClN4O3. The first-order valence-electron chi connectivity index (χ1n) is 9.65. The predicted molar refractivity (Wildman–Crippen MR) is 116 cm³/mol. The van der Waals surface area contributed by atoms with Gasteiger partial charge in [0.25, 0.3) is 0 Å². The van der Waals surface area contributed by atoms with E-state index in [2.05, 4.69) is 10.4 Å². The van der Waals surface area contributed by atoms with E-state index in [0.717, 1.165) is 11.3 Å². The molecule has 0 radical (unpaired) electrons.